The molecule has 1 saturated heterocycles. The Morgan fingerprint density at radius 1 is 1.38 bits per heavy atom. The summed E-state index contributed by atoms with van der Waals surface area (Å²) in [5.74, 6) is -0.140. The molecule has 2 nitrogen and oxygen atoms in total. The maximum Gasteiger partial charge on any atom is 0.127 e. The second-order valence-corrected chi connectivity index (χ2v) is 6.97. The molecule has 0 bridgehead atoms. The van der Waals surface area contributed by atoms with Crippen molar-refractivity contribution >= 4 is 11.6 Å². The van der Waals surface area contributed by atoms with Crippen LogP contribution in [0.25, 0.3) is 0 Å². The van der Waals surface area contributed by atoms with Crippen LogP contribution in [0.15, 0.2) is 18.2 Å². The normalized spacial score (nSPS) is 25.6. The van der Waals surface area contributed by atoms with Crippen molar-refractivity contribution in [2.24, 2.45) is 0 Å². The molecule has 21 heavy (non-hydrogen) atoms. The highest BCUT2D eigenvalue weighted by Gasteiger charge is 2.43. The average Bonchev–Trinajstić information content (AvgIpc) is 2.95. The maximum absolute atomic E-state index is 14.1. The Morgan fingerprint density at radius 2 is 2.14 bits per heavy atom. The largest absolute Gasteiger partial charge is 0.311 e. The number of hydrogen-bond donors (Lipinski definition) is 1. The molecule has 0 aromatic heterocycles. The number of nitrogens with zero attached hydrogens (tertiary/aromatic N) is 1. The van der Waals surface area contributed by atoms with Crippen LogP contribution in [0, 0.1) is 5.82 Å². The minimum absolute atomic E-state index is 0.140. The molecule has 1 aromatic carbocycles. The standard InChI is InChI=1S/C17H24ClFN2/c1-2-15-11-21(17(12-20-15)7-3-4-8-17)10-13-9-14(18)5-6-16(13)19/h5-6,9,15,20H,2-4,7-8,10-12H2,1H3. The Morgan fingerprint density at radius 3 is 2.86 bits per heavy atom. The van der Waals surface area contributed by atoms with Gasteiger partial charge in [0.05, 0.1) is 0 Å². The summed E-state index contributed by atoms with van der Waals surface area (Å²) in [6.07, 6.45) is 6.13. The first-order valence-electron chi connectivity index (χ1n) is 8.05. The van der Waals surface area contributed by atoms with Gasteiger partial charge in [-0.2, -0.15) is 0 Å². The van der Waals surface area contributed by atoms with E-state index in [1.54, 1.807) is 12.1 Å². The van der Waals surface area contributed by atoms with Gasteiger partial charge in [-0.3, -0.25) is 4.90 Å². The van der Waals surface area contributed by atoms with Gasteiger partial charge in [-0.25, -0.2) is 4.39 Å². The Bertz CT molecular complexity index is 500. The second kappa shape index (κ2) is 6.23. The van der Waals surface area contributed by atoms with Crippen LogP contribution >= 0.6 is 11.6 Å². The molecule has 1 atom stereocenters. The van der Waals surface area contributed by atoms with Crippen molar-refractivity contribution in [3.8, 4) is 0 Å². The van der Waals surface area contributed by atoms with E-state index in [9.17, 15) is 4.39 Å². The van der Waals surface area contributed by atoms with Gasteiger partial charge in [-0.15, -0.1) is 0 Å². The molecule has 1 spiro atoms. The number of halogens is 2. The predicted molar refractivity (Wildman–Crippen MR) is 85.1 cm³/mol. The topological polar surface area (TPSA) is 15.3 Å². The van der Waals surface area contributed by atoms with Crippen LogP contribution in [0.1, 0.15) is 44.6 Å². The third kappa shape index (κ3) is 3.10. The summed E-state index contributed by atoms with van der Waals surface area (Å²) in [7, 11) is 0. The lowest BCUT2D eigenvalue weighted by atomic mass is 9.89. The van der Waals surface area contributed by atoms with Gasteiger partial charge in [0.2, 0.25) is 0 Å². The minimum atomic E-state index is -0.140. The fourth-order valence-corrected chi connectivity index (χ4v) is 4.07. The van der Waals surface area contributed by atoms with Crippen molar-refractivity contribution < 1.29 is 4.39 Å². The number of hydrogen-bond acceptors (Lipinski definition) is 2. The fraction of sp³-hybridized carbons (Fsp3) is 0.647. The third-order valence-electron chi connectivity index (χ3n) is 5.23. The lowest BCUT2D eigenvalue weighted by Crippen LogP contribution is -2.63. The average molecular weight is 311 g/mol. The summed E-state index contributed by atoms with van der Waals surface area (Å²) >= 11 is 6.04. The Kier molecular flexibility index (Phi) is 4.53. The Hall–Kier alpha value is -0.640. The molecule has 2 aliphatic rings. The van der Waals surface area contributed by atoms with Gasteiger partial charge < -0.3 is 5.32 Å². The molecule has 1 aliphatic carbocycles. The van der Waals surface area contributed by atoms with Gasteiger partial charge in [0.25, 0.3) is 0 Å². The van der Waals surface area contributed by atoms with Crippen LogP contribution in [0.3, 0.4) is 0 Å². The molecule has 0 radical (unpaired) electrons. The fourth-order valence-electron chi connectivity index (χ4n) is 3.87. The van der Waals surface area contributed by atoms with E-state index >= 15 is 0 Å². The Labute approximate surface area is 131 Å². The van der Waals surface area contributed by atoms with Crippen molar-refractivity contribution in [3.63, 3.8) is 0 Å². The van der Waals surface area contributed by atoms with Crippen LogP contribution in [0.4, 0.5) is 4.39 Å². The van der Waals surface area contributed by atoms with Crippen molar-refractivity contribution in [2.75, 3.05) is 13.1 Å². The molecule has 1 heterocycles. The summed E-state index contributed by atoms with van der Waals surface area (Å²) in [5.41, 5.74) is 0.950. The van der Waals surface area contributed by atoms with E-state index in [1.165, 1.54) is 31.7 Å². The van der Waals surface area contributed by atoms with Gasteiger partial charge >= 0.3 is 0 Å². The molecule has 1 N–H and O–H groups in total. The number of piperazine rings is 1. The Balaban J connectivity index is 1.83. The van der Waals surface area contributed by atoms with Gasteiger partial charge in [0, 0.05) is 41.8 Å². The van der Waals surface area contributed by atoms with E-state index < -0.39 is 0 Å². The molecule has 116 valence electrons. The van der Waals surface area contributed by atoms with Gasteiger partial charge in [0.1, 0.15) is 5.82 Å². The molecular weight excluding hydrogens is 287 g/mol. The summed E-state index contributed by atoms with van der Waals surface area (Å²) in [4.78, 5) is 2.51. The molecule has 1 aromatic rings. The summed E-state index contributed by atoms with van der Waals surface area (Å²) in [6, 6.07) is 5.40. The van der Waals surface area contributed by atoms with Crippen LogP contribution in [-0.2, 0) is 6.54 Å². The quantitative estimate of drug-likeness (QED) is 0.908. The van der Waals surface area contributed by atoms with Crippen molar-refractivity contribution in [2.45, 2.75) is 57.2 Å². The van der Waals surface area contributed by atoms with Crippen molar-refractivity contribution in [3.05, 3.63) is 34.6 Å². The monoisotopic (exact) mass is 310 g/mol. The zero-order valence-corrected chi connectivity index (χ0v) is 13.4. The summed E-state index contributed by atoms with van der Waals surface area (Å²) in [6.45, 7) is 4.92. The highest BCUT2D eigenvalue weighted by molar-refractivity contribution is 6.30. The first kappa shape index (κ1) is 15.3. The van der Waals surface area contributed by atoms with E-state index in [-0.39, 0.29) is 11.4 Å². The van der Waals surface area contributed by atoms with Gasteiger partial charge in [-0.05, 0) is 37.5 Å². The van der Waals surface area contributed by atoms with Crippen LogP contribution < -0.4 is 5.32 Å². The molecule has 1 aliphatic heterocycles. The molecule has 2 fully saturated rings. The zero-order valence-electron chi connectivity index (χ0n) is 12.7. The number of nitrogens with one attached hydrogen (secondary N) is 1. The van der Waals surface area contributed by atoms with E-state index in [4.69, 9.17) is 11.6 Å². The second-order valence-electron chi connectivity index (χ2n) is 6.53. The lowest BCUT2D eigenvalue weighted by Gasteiger charge is -2.48. The molecule has 4 heteroatoms. The molecule has 1 saturated carbocycles. The lowest BCUT2D eigenvalue weighted by molar-refractivity contribution is 0.0341. The SMILES string of the molecule is CCC1CN(Cc2cc(Cl)ccc2F)C2(CCCC2)CN1. The predicted octanol–water partition coefficient (Wildman–Crippen LogP) is 3.98. The molecular formula is C17H24ClFN2. The molecule has 0 amide bonds. The first-order valence-corrected chi connectivity index (χ1v) is 8.43. The molecule has 3 rings (SSSR count). The highest BCUT2D eigenvalue weighted by atomic mass is 35.5. The minimum Gasteiger partial charge on any atom is -0.311 e. The van der Waals surface area contributed by atoms with E-state index in [0.29, 0.717) is 17.6 Å². The first-order chi connectivity index (χ1) is 10.1. The van der Waals surface area contributed by atoms with Crippen LogP contribution in [0.2, 0.25) is 5.02 Å². The summed E-state index contributed by atoms with van der Waals surface area (Å²) in [5, 5.41) is 4.30. The highest BCUT2D eigenvalue weighted by Crippen LogP contribution is 2.38. The van der Waals surface area contributed by atoms with E-state index in [1.807, 2.05) is 0 Å². The van der Waals surface area contributed by atoms with E-state index in [0.717, 1.165) is 25.1 Å². The van der Waals surface area contributed by atoms with Gasteiger partial charge in [-0.1, -0.05) is 31.4 Å². The van der Waals surface area contributed by atoms with Crippen LogP contribution in [0.5, 0.6) is 0 Å². The summed E-state index contributed by atoms with van der Waals surface area (Å²) < 4.78 is 14.1. The number of rotatable bonds is 3. The zero-order chi connectivity index (χ0) is 14.9. The van der Waals surface area contributed by atoms with Gasteiger partial charge in [0.15, 0.2) is 0 Å². The number of benzene rings is 1. The maximum atomic E-state index is 14.1. The smallest absolute Gasteiger partial charge is 0.127 e. The van der Waals surface area contributed by atoms with Crippen molar-refractivity contribution in [1.29, 1.82) is 0 Å². The molecule has 1 unspecified atom stereocenters. The van der Waals surface area contributed by atoms with E-state index in [2.05, 4.69) is 17.1 Å². The third-order valence-corrected chi connectivity index (χ3v) is 5.46. The van der Waals surface area contributed by atoms with Crippen LogP contribution in [-0.4, -0.2) is 29.6 Å². The van der Waals surface area contributed by atoms with Crippen molar-refractivity contribution in [1.82, 2.24) is 10.2 Å².